The van der Waals surface area contributed by atoms with Crippen molar-refractivity contribution in [3.05, 3.63) is 59.9 Å². The van der Waals surface area contributed by atoms with Gasteiger partial charge in [0.15, 0.2) is 0 Å². The van der Waals surface area contributed by atoms with Crippen LogP contribution in [0.25, 0.3) is 0 Å². The molecule has 2 fully saturated rings. The summed E-state index contributed by atoms with van der Waals surface area (Å²) in [6.07, 6.45) is 4.35. The van der Waals surface area contributed by atoms with Crippen molar-refractivity contribution < 1.29 is 19.1 Å². The molecule has 0 bridgehead atoms. The SMILES string of the molecule is COc1ccccc1C(=O)N1CCC([C@@]2(CCC(C)C)NC(=O)N(Cc3ccccn3)C2=O)CC1. The van der Waals surface area contributed by atoms with Gasteiger partial charge in [0.25, 0.3) is 11.8 Å². The van der Waals surface area contributed by atoms with Crippen LogP contribution in [0, 0.1) is 11.8 Å². The number of piperidine rings is 1. The predicted octanol–water partition coefficient (Wildman–Crippen LogP) is 3.87. The number of carbonyl (C=O) groups excluding carboxylic acids is 3. The summed E-state index contributed by atoms with van der Waals surface area (Å²) >= 11 is 0. The smallest absolute Gasteiger partial charge is 0.325 e. The molecule has 8 nitrogen and oxygen atoms in total. The van der Waals surface area contributed by atoms with Gasteiger partial charge in [-0.3, -0.25) is 19.5 Å². The first-order chi connectivity index (χ1) is 16.9. The normalized spacial score (nSPS) is 20.9. The van der Waals surface area contributed by atoms with Crippen molar-refractivity contribution in [2.24, 2.45) is 11.8 Å². The number of amides is 4. The lowest BCUT2D eigenvalue weighted by Crippen LogP contribution is -2.56. The first kappa shape index (κ1) is 24.7. The fourth-order valence-corrected chi connectivity index (χ4v) is 5.18. The summed E-state index contributed by atoms with van der Waals surface area (Å²) in [7, 11) is 1.56. The second-order valence-corrected chi connectivity index (χ2v) is 9.81. The number of likely N-dealkylation sites (tertiary alicyclic amines) is 1. The molecule has 0 spiro atoms. The lowest BCUT2D eigenvalue weighted by atomic mass is 9.73. The second-order valence-electron chi connectivity index (χ2n) is 9.81. The molecule has 4 rings (SSSR count). The van der Waals surface area contributed by atoms with Crippen LogP contribution < -0.4 is 10.1 Å². The third-order valence-corrected chi connectivity index (χ3v) is 7.18. The Morgan fingerprint density at radius 2 is 1.86 bits per heavy atom. The van der Waals surface area contributed by atoms with Gasteiger partial charge >= 0.3 is 6.03 Å². The number of hydrogen-bond acceptors (Lipinski definition) is 5. The lowest BCUT2D eigenvalue weighted by molar-refractivity contribution is -0.134. The highest BCUT2D eigenvalue weighted by molar-refractivity contribution is 6.07. The van der Waals surface area contributed by atoms with Crippen LogP contribution in [0.1, 0.15) is 55.6 Å². The van der Waals surface area contributed by atoms with Gasteiger partial charge in [-0.1, -0.05) is 32.0 Å². The number of rotatable bonds is 8. The zero-order valence-electron chi connectivity index (χ0n) is 20.7. The van der Waals surface area contributed by atoms with Gasteiger partial charge in [0.05, 0.1) is 24.9 Å². The average molecular weight is 479 g/mol. The minimum atomic E-state index is -0.949. The highest BCUT2D eigenvalue weighted by Crippen LogP contribution is 2.38. The number of pyridine rings is 1. The zero-order chi connectivity index (χ0) is 25.0. The molecule has 2 saturated heterocycles. The van der Waals surface area contributed by atoms with Crippen molar-refractivity contribution in [1.29, 1.82) is 0 Å². The number of nitrogens with zero attached hydrogens (tertiary/aromatic N) is 3. The Balaban J connectivity index is 1.51. The molecular weight excluding hydrogens is 444 g/mol. The molecule has 2 aliphatic heterocycles. The molecule has 186 valence electrons. The Bertz CT molecular complexity index is 1070. The molecule has 1 atom stereocenters. The number of carbonyl (C=O) groups is 3. The highest BCUT2D eigenvalue weighted by Gasteiger charge is 2.55. The maximum absolute atomic E-state index is 13.8. The van der Waals surface area contributed by atoms with Gasteiger partial charge < -0.3 is 15.0 Å². The van der Waals surface area contributed by atoms with E-state index in [2.05, 4.69) is 24.1 Å². The minimum Gasteiger partial charge on any atom is -0.496 e. The summed E-state index contributed by atoms with van der Waals surface area (Å²) < 4.78 is 5.37. The van der Waals surface area contributed by atoms with Crippen LogP contribution in [0.3, 0.4) is 0 Å². The Morgan fingerprint density at radius 3 is 2.51 bits per heavy atom. The van der Waals surface area contributed by atoms with Crippen LogP contribution in [-0.2, 0) is 11.3 Å². The van der Waals surface area contributed by atoms with Crippen LogP contribution in [0.4, 0.5) is 4.79 Å². The molecule has 0 radical (unpaired) electrons. The van der Waals surface area contributed by atoms with E-state index >= 15 is 0 Å². The monoisotopic (exact) mass is 478 g/mol. The number of benzene rings is 1. The molecule has 1 N–H and O–H groups in total. The number of para-hydroxylation sites is 1. The summed E-state index contributed by atoms with van der Waals surface area (Å²) in [5.41, 5.74) is 0.262. The summed E-state index contributed by atoms with van der Waals surface area (Å²) in [5, 5.41) is 3.09. The summed E-state index contributed by atoms with van der Waals surface area (Å²) in [5.74, 6) is 0.650. The Labute approximate surface area is 206 Å². The Morgan fingerprint density at radius 1 is 1.14 bits per heavy atom. The van der Waals surface area contributed by atoms with Gasteiger partial charge in [0.1, 0.15) is 11.3 Å². The number of hydrogen-bond donors (Lipinski definition) is 1. The van der Waals surface area contributed by atoms with E-state index in [-0.39, 0.29) is 30.3 Å². The van der Waals surface area contributed by atoms with E-state index in [4.69, 9.17) is 4.74 Å². The van der Waals surface area contributed by atoms with Crippen LogP contribution in [0.5, 0.6) is 5.75 Å². The summed E-state index contributed by atoms with van der Waals surface area (Å²) in [6.45, 7) is 5.44. The summed E-state index contributed by atoms with van der Waals surface area (Å²) in [4.78, 5) is 47.4. The number of ether oxygens (including phenoxy) is 1. The third-order valence-electron chi connectivity index (χ3n) is 7.18. The topological polar surface area (TPSA) is 91.8 Å². The van der Waals surface area contributed by atoms with Crippen molar-refractivity contribution >= 4 is 17.8 Å². The van der Waals surface area contributed by atoms with Gasteiger partial charge in [-0.25, -0.2) is 4.79 Å². The highest BCUT2D eigenvalue weighted by atomic mass is 16.5. The van der Waals surface area contributed by atoms with Gasteiger partial charge in [-0.15, -0.1) is 0 Å². The van der Waals surface area contributed by atoms with Crippen molar-refractivity contribution in [3.8, 4) is 5.75 Å². The Hall–Kier alpha value is -3.42. The molecule has 3 heterocycles. The number of imide groups is 1. The molecule has 0 saturated carbocycles. The summed E-state index contributed by atoms with van der Waals surface area (Å²) in [6, 6.07) is 12.3. The van der Waals surface area contributed by atoms with Gasteiger partial charge in [0, 0.05) is 19.3 Å². The second kappa shape index (κ2) is 10.5. The van der Waals surface area contributed by atoms with E-state index in [0.717, 1.165) is 6.42 Å². The zero-order valence-corrected chi connectivity index (χ0v) is 20.7. The van der Waals surface area contributed by atoms with E-state index in [1.807, 2.05) is 35.2 Å². The van der Waals surface area contributed by atoms with Crippen molar-refractivity contribution in [2.75, 3.05) is 20.2 Å². The number of methoxy groups -OCH3 is 1. The van der Waals surface area contributed by atoms with Crippen molar-refractivity contribution in [3.63, 3.8) is 0 Å². The number of aromatic nitrogens is 1. The molecule has 2 aromatic rings. The fourth-order valence-electron chi connectivity index (χ4n) is 5.18. The van der Waals surface area contributed by atoms with Crippen LogP contribution >= 0.6 is 0 Å². The third kappa shape index (κ3) is 5.01. The molecule has 2 aliphatic rings. The maximum Gasteiger partial charge on any atom is 0.325 e. The van der Waals surface area contributed by atoms with Crippen LogP contribution in [-0.4, -0.2) is 58.4 Å². The largest absolute Gasteiger partial charge is 0.496 e. The van der Waals surface area contributed by atoms with Gasteiger partial charge in [0.2, 0.25) is 0 Å². The van der Waals surface area contributed by atoms with E-state index in [1.54, 1.807) is 25.4 Å². The van der Waals surface area contributed by atoms with E-state index in [9.17, 15) is 14.4 Å². The Kier molecular flexibility index (Phi) is 7.38. The van der Waals surface area contributed by atoms with Crippen LogP contribution in [0.15, 0.2) is 48.7 Å². The maximum atomic E-state index is 13.8. The molecule has 4 amide bonds. The first-order valence-corrected chi connectivity index (χ1v) is 12.3. The molecule has 1 aromatic heterocycles. The van der Waals surface area contributed by atoms with Crippen LogP contribution in [0.2, 0.25) is 0 Å². The average Bonchev–Trinajstić information content (AvgIpc) is 3.12. The predicted molar refractivity (Wildman–Crippen MR) is 132 cm³/mol. The van der Waals surface area contributed by atoms with E-state index in [0.29, 0.717) is 55.3 Å². The number of nitrogens with one attached hydrogen (secondary N) is 1. The first-order valence-electron chi connectivity index (χ1n) is 12.3. The van der Waals surface area contributed by atoms with Crippen molar-refractivity contribution in [1.82, 2.24) is 20.1 Å². The van der Waals surface area contributed by atoms with Gasteiger partial charge in [-0.05, 0) is 61.8 Å². The minimum absolute atomic E-state index is 0.0480. The van der Waals surface area contributed by atoms with Crippen molar-refractivity contribution in [2.45, 2.75) is 51.6 Å². The fraction of sp³-hybridized carbons (Fsp3) is 0.481. The molecule has 1 aromatic carbocycles. The van der Waals surface area contributed by atoms with Gasteiger partial charge in [-0.2, -0.15) is 0 Å². The van der Waals surface area contributed by atoms with E-state index in [1.165, 1.54) is 4.90 Å². The molecule has 8 heteroatoms. The standard InChI is InChI=1S/C27H34N4O4/c1-19(2)11-14-27(25(33)31(26(34)29-27)18-21-8-6-7-15-28-21)20-12-16-30(17-13-20)24(32)22-9-4-5-10-23(22)35-3/h4-10,15,19-20H,11-14,16-18H2,1-3H3,(H,29,34)/t27-/m1/s1. The molecule has 35 heavy (non-hydrogen) atoms. The lowest BCUT2D eigenvalue weighted by Gasteiger charge is -2.41. The number of urea groups is 1. The molecule has 0 aliphatic carbocycles. The molecular formula is C27H34N4O4. The van der Waals surface area contributed by atoms with E-state index < -0.39 is 5.54 Å². The quantitative estimate of drug-likeness (QED) is 0.582. The molecule has 0 unspecified atom stereocenters.